The predicted molar refractivity (Wildman–Crippen MR) is 111 cm³/mol. The molecule has 0 saturated carbocycles. The van der Waals surface area contributed by atoms with Crippen LogP contribution in [-0.4, -0.2) is 14.9 Å². The van der Waals surface area contributed by atoms with Gasteiger partial charge in [0.25, 0.3) is 0 Å². The van der Waals surface area contributed by atoms with E-state index in [9.17, 15) is 4.39 Å². The van der Waals surface area contributed by atoms with Crippen LogP contribution in [0.4, 0.5) is 15.9 Å². The molecule has 4 nitrogen and oxygen atoms in total. The number of halogens is 2. The van der Waals surface area contributed by atoms with E-state index in [0.29, 0.717) is 17.5 Å². The van der Waals surface area contributed by atoms with E-state index in [1.165, 1.54) is 12.1 Å². The second-order valence-electron chi connectivity index (χ2n) is 6.05. The van der Waals surface area contributed by atoms with Crippen LogP contribution in [0.2, 0.25) is 0 Å². The smallest absolute Gasteiger partial charge is 0.176 e. The summed E-state index contributed by atoms with van der Waals surface area (Å²) in [5, 5.41) is 11.3. The van der Waals surface area contributed by atoms with Gasteiger partial charge in [0.1, 0.15) is 5.82 Å². The van der Waals surface area contributed by atoms with E-state index in [0.717, 1.165) is 26.9 Å². The summed E-state index contributed by atoms with van der Waals surface area (Å²) in [6.45, 7) is 4.60. The van der Waals surface area contributed by atoms with Crippen LogP contribution in [0, 0.1) is 19.7 Å². The van der Waals surface area contributed by atoms with Crippen LogP contribution < -0.4 is 10.6 Å². The third kappa shape index (κ3) is 4.68. The molecule has 0 radical (unpaired) electrons. The second-order valence-corrected chi connectivity index (χ2v) is 7.31. The normalized spacial score (nSPS) is 10.6. The Morgan fingerprint density at radius 1 is 1.15 bits per heavy atom. The molecule has 0 aliphatic heterocycles. The van der Waals surface area contributed by atoms with Crippen molar-refractivity contribution >= 4 is 44.8 Å². The fourth-order valence-corrected chi connectivity index (χ4v) is 3.09. The fraction of sp³-hybridized carbons (Fsp3) is 0.158. The van der Waals surface area contributed by atoms with Crippen LogP contribution >= 0.6 is 28.1 Å². The summed E-state index contributed by atoms with van der Waals surface area (Å²) in [5.74, 6) is 0.371. The third-order valence-corrected chi connectivity index (χ3v) is 4.63. The van der Waals surface area contributed by atoms with Gasteiger partial charge in [0, 0.05) is 11.9 Å². The van der Waals surface area contributed by atoms with Gasteiger partial charge in [-0.25, -0.2) is 4.39 Å². The third-order valence-electron chi connectivity index (χ3n) is 3.85. The van der Waals surface area contributed by atoms with Crippen molar-refractivity contribution in [3.8, 4) is 0 Å². The van der Waals surface area contributed by atoms with Crippen molar-refractivity contribution in [3.05, 3.63) is 75.6 Å². The lowest BCUT2D eigenvalue weighted by Gasteiger charge is -2.12. The van der Waals surface area contributed by atoms with Gasteiger partial charge < -0.3 is 10.6 Å². The molecular weight excluding hydrogens is 415 g/mol. The lowest BCUT2D eigenvalue weighted by atomic mass is 10.1. The van der Waals surface area contributed by atoms with Crippen molar-refractivity contribution in [2.75, 3.05) is 10.6 Å². The zero-order valence-electron chi connectivity index (χ0n) is 14.4. The Bertz CT molecular complexity index is 937. The topological polar surface area (TPSA) is 41.9 Å². The highest BCUT2D eigenvalue weighted by Gasteiger charge is 2.10. The number of hydrogen-bond donors (Lipinski definition) is 2. The van der Waals surface area contributed by atoms with Gasteiger partial charge in [0.15, 0.2) is 10.9 Å². The van der Waals surface area contributed by atoms with Crippen molar-refractivity contribution in [2.45, 2.75) is 20.4 Å². The van der Waals surface area contributed by atoms with Crippen molar-refractivity contribution in [2.24, 2.45) is 0 Å². The minimum Gasteiger partial charge on any atom is -0.332 e. The van der Waals surface area contributed by atoms with Crippen LogP contribution in [0.15, 0.2) is 53.1 Å². The minimum atomic E-state index is -0.249. The lowest BCUT2D eigenvalue weighted by molar-refractivity contribution is 0.624. The summed E-state index contributed by atoms with van der Waals surface area (Å²) < 4.78 is 15.6. The summed E-state index contributed by atoms with van der Waals surface area (Å²) in [5.41, 5.74) is 4.19. The van der Waals surface area contributed by atoms with Crippen LogP contribution in [-0.2, 0) is 6.54 Å². The summed E-state index contributed by atoms with van der Waals surface area (Å²) in [4.78, 5) is 0. The number of thiocarbonyl (C=S) groups is 1. The Morgan fingerprint density at radius 3 is 2.62 bits per heavy atom. The molecule has 134 valence electrons. The van der Waals surface area contributed by atoms with E-state index < -0.39 is 0 Å². The molecule has 1 aromatic heterocycles. The van der Waals surface area contributed by atoms with Gasteiger partial charge in [0.05, 0.1) is 11.0 Å². The van der Waals surface area contributed by atoms with E-state index in [-0.39, 0.29) is 5.82 Å². The Kier molecular flexibility index (Phi) is 5.68. The SMILES string of the molecule is Cc1ccc(C)c(NC(=S)Nc2nn(Cc3ccc(F)cc3)cc2Br)c1. The van der Waals surface area contributed by atoms with Gasteiger partial charge in [-0.05, 0) is 76.9 Å². The monoisotopic (exact) mass is 432 g/mol. The lowest BCUT2D eigenvalue weighted by Crippen LogP contribution is -2.20. The van der Waals surface area contributed by atoms with Gasteiger partial charge in [-0.1, -0.05) is 24.3 Å². The van der Waals surface area contributed by atoms with Crippen molar-refractivity contribution in [1.82, 2.24) is 9.78 Å². The molecule has 0 unspecified atom stereocenters. The molecule has 0 aliphatic carbocycles. The number of anilines is 2. The molecule has 0 aliphatic rings. The van der Waals surface area contributed by atoms with Crippen LogP contribution in [0.1, 0.15) is 16.7 Å². The van der Waals surface area contributed by atoms with Gasteiger partial charge in [-0.2, -0.15) is 5.10 Å². The highest BCUT2D eigenvalue weighted by atomic mass is 79.9. The number of nitrogens with one attached hydrogen (secondary N) is 2. The summed E-state index contributed by atoms with van der Waals surface area (Å²) in [7, 11) is 0. The van der Waals surface area contributed by atoms with Crippen LogP contribution in [0.5, 0.6) is 0 Å². The van der Waals surface area contributed by atoms with Gasteiger partial charge in [-0.3, -0.25) is 4.68 Å². The van der Waals surface area contributed by atoms with E-state index in [2.05, 4.69) is 37.7 Å². The van der Waals surface area contributed by atoms with E-state index in [1.807, 2.05) is 32.2 Å². The Morgan fingerprint density at radius 2 is 1.88 bits per heavy atom. The second kappa shape index (κ2) is 7.97. The summed E-state index contributed by atoms with van der Waals surface area (Å²) in [6.07, 6.45) is 1.85. The first-order valence-electron chi connectivity index (χ1n) is 8.03. The first-order valence-corrected chi connectivity index (χ1v) is 9.23. The number of hydrogen-bond acceptors (Lipinski definition) is 2. The number of rotatable bonds is 4. The average Bonchev–Trinajstić information content (AvgIpc) is 2.92. The molecule has 0 bridgehead atoms. The van der Waals surface area contributed by atoms with Crippen LogP contribution in [0.3, 0.4) is 0 Å². The number of aromatic nitrogens is 2. The number of aryl methyl sites for hydroxylation is 2. The molecule has 1 heterocycles. The molecule has 3 aromatic rings. The van der Waals surface area contributed by atoms with E-state index in [4.69, 9.17) is 12.2 Å². The molecule has 2 N–H and O–H groups in total. The largest absolute Gasteiger partial charge is 0.332 e. The average molecular weight is 433 g/mol. The standard InChI is InChI=1S/C19H18BrFN4S/c1-12-3-4-13(2)17(9-12)22-19(26)23-18-16(20)11-25(24-18)10-14-5-7-15(21)8-6-14/h3-9,11H,10H2,1-2H3,(H2,22,23,24,26). The van der Waals surface area contributed by atoms with Crippen molar-refractivity contribution in [1.29, 1.82) is 0 Å². The molecule has 7 heteroatoms. The maximum Gasteiger partial charge on any atom is 0.176 e. The minimum absolute atomic E-state index is 0.249. The maximum absolute atomic E-state index is 13.0. The number of benzene rings is 2. The molecule has 0 saturated heterocycles. The summed E-state index contributed by atoms with van der Waals surface area (Å²) >= 11 is 8.89. The maximum atomic E-state index is 13.0. The zero-order chi connectivity index (χ0) is 18.7. The van der Waals surface area contributed by atoms with Gasteiger partial charge >= 0.3 is 0 Å². The van der Waals surface area contributed by atoms with E-state index in [1.54, 1.807) is 16.8 Å². The predicted octanol–water partition coefficient (Wildman–Crippen LogP) is 5.26. The molecule has 26 heavy (non-hydrogen) atoms. The van der Waals surface area contributed by atoms with Gasteiger partial charge in [-0.15, -0.1) is 0 Å². The highest BCUT2D eigenvalue weighted by Crippen LogP contribution is 2.22. The fourth-order valence-electron chi connectivity index (χ4n) is 2.47. The Hall–Kier alpha value is -2.25. The highest BCUT2D eigenvalue weighted by molar-refractivity contribution is 9.10. The number of nitrogens with zero attached hydrogens (tertiary/aromatic N) is 2. The molecule has 3 rings (SSSR count). The molecule has 0 spiro atoms. The van der Waals surface area contributed by atoms with E-state index >= 15 is 0 Å². The van der Waals surface area contributed by atoms with Crippen molar-refractivity contribution < 1.29 is 4.39 Å². The Balaban J connectivity index is 1.68. The first kappa shape index (κ1) is 18.5. The van der Waals surface area contributed by atoms with Gasteiger partial charge in [0.2, 0.25) is 0 Å². The Labute approximate surface area is 165 Å². The van der Waals surface area contributed by atoms with Crippen LogP contribution in [0.25, 0.3) is 0 Å². The quantitative estimate of drug-likeness (QED) is 0.551. The zero-order valence-corrected chi connectivity index (χ0v) is 16.8. The molecule has 2 aromatic carbocycles. The first-order chi connectivity index (χ1) is 12.4. The van der Waals surface area contributed by atoms with Crippen molar-refractivity contribution in [3.63, 3.8) is 0 Å². The molecule has 0 atom stereocenters. The molecule has 0 fully saturated rings. The molecule has 0 amide bonds. The molecular formula is C19H18BrFN4S. The summed E-state index contributed by atoms with van der Waals surface area (Å²) in [6, 6.07) is 12.5.